The van der Waals surface area contributed by atoms with Crippen LogP contribution < -0.4 is 15.6 Å². The molecule has 0 bridgehead atoms. The van der Waals surface area contributed by atoms with Crippen LogP contribution in [0, 0.1) is 16.0 Å². The van der Waals surface area contributed by atoms with Crippen LogP contribution in [0.15, 0.2) is 53.6 Å². The molecule has 33 heavy (non-hydrogen) atoms. The third kappa shape index (κ3) is 5.00. The molecule has 170 valence electrons. The Balaban J connectivity index is 1.76. The SMILES string of the molecule is O=C(N/N=C\[C@H]1C(=O)NC(=O)N(c2cccc(C(F)(F)F)c2)C1=O)c1ccc([N+](=O)[O-])cc1. The lowest BCUT2D eigenvalue weighted by atomic mass is 10.1. The van der Waals surface area contributed by atoms with E-state index in [1.807, 2.05) is 10.7 Å². The maximum absolute atomic E-state index is 13.0. The number of carbonyl (C=O) groups is 4. The number of anilines is 1. The number of urea groups is 1. The highest BCUT2D eigenvalue weighted by Gasteiger charge is 2.41. The van der Waals surface area contributed by atoms with Crippen LogP contribution in [-0.4, -0.2) is 34.9 Å². The largest absolute Gasteiger partial charge is 0.416 e. The molecule has 11 nitrogen and oxygen atoms in total. The van der Waals surface area contributed by atoms with E-state index in [9.17, 15) is 42.5 Å². The van der Waals surface area contributed by atoms with Gasteiger partial charge < -0.3 is 0 Å². The highest BCUT2D eigenvalue weighted by Crippen LogP contribution is 2.32. The van der Waals surface area contributed by atoms with Gasteiger partial charge in [-0.1, -0.05) is 6.07 Å². The number of imide groups is 2. The standard InChI is InChI=1S/C19H12F3N5O6/c20-19(21,22)11-2-1-3-13(8-11)26-17(30)14(16(29)24-18(26)31)9-23-25-15(28)10-4-6-12(7-5-10)27(32)33/h1-9,14H,(H,25,28)(H,24,29,31)/b23-9-/t14-/m0/s1. The number of nitrogens with one attached hydrogen (secondary N) is 2. The molecule has 1 atom stereocenters. The van der Waals surface area contributed by atoms with Gasteiger partial charge in [0, 0.05) is 23.9 Å². The van der Waals surface area contributed by atoms with Crippen LogP contribution in [0.25, 0.3) is 0 Å². The van der Waals surface area contributed by atoms with E-state index in [2.05, 4.69) is 5.10 Å². The first-order valence-corrected chi connectivity index (χ1v) is 8.93. The molecule has 1 heterocycles. The van der Waals surface area contributed by atoms with Crippen molar-refractivity contribution in [1.82, 2.24) is 10.7 Å². The van der Waals surface area contributed by atoms with Gasteiger partial charge in [-0.05, 0) is 30.3 Å². The summed E-state index contributed by atoms with van der Waals surface area (Å²) in [6.07, 6.45) is -4.03. The second kappa shape index (κ2) is 8.86. The number of non-ortho nitro benzene ring substituents is 1. The van der Waals surface area contributed by atoms with E-state index in [1.54, 1.807) is 0 Å². The lowest BCUT2D eigenvalue weighted by Crippen LogP contribution is -2.58. The van der Waals surface area contributed by atoms with E-state index in [4.69, 9.17) is 0 Å². The average molecular weight is 463 g/mol. The molecule has 1 fully saturated rings. The Bertz CT molecular complexity index is 1180. The molecule has 2 aromatic rings. The van der Waals surface area contributed by atoms with Crippen molar-refractivity contribution < 1.29 is 37.3 Å². The third-order valence-corrected chi connectivity index (χ3v) is 4.36. The molecule has 0 spiro atoms. The van der Waals surface area contributed by atoms with Crippen LogP contribution in [-0.2, 0) is 15.8 Å². The van der Waals surface area contributed by atoms with Gasteiger partial charge in [-0.25, -0.2) is 15.1 Å². The summed E-state index contributed by atoms with van der Waals surface area (Å²) in [6.45, 7) is 0. The van der Waals surface area contributed by atoms with Crippen molar-refractivity contribution >= 4 is 41.3 Å². The van der Waals surface area contributed by atoms with Crippen LogP contribution >= 0.6 is 0 Å². The van der Waals surface area contributed by atoms with E-state index in [0.717, 1.165) is 42.5 Å². The van der Waals surface area contributed by atoms with Crippen LogP contribution in [0.3, 0.4) is 0 Å². The second-order valence-corrected chi connectivity index (χ2v) is 6.52. The van der Waals surface area contributed by atoms with E-state index in [-0.39, 0.29) is 11.3 Å². The third-order valence-electron chi connectivity index (χ3n) is 4.36. The zero-order valence-corrected chi connectivity index (χ0v) is 16.2. The number of nitrogens with zero attached hydrogens (tertiary/aromatic N) is 3. The number of hydrazone groups is 1. The molecule has 2 aromatic carbocycles. The van der Waals surface area contributed by atoms with Gasteiger partial charge in [-0.3, -0.25) is 29.8 Å². The van der Waals surface area contributed by atoms with Crippen molar-refractivity contribution in [3.05, 3.63) is 69.8 Å². The van der Waals surface area contributed by atoms with Gasteiger partial charge in [0.1, 0.15) is 0 Å². The molecule has 0 saturated carbocycles. The first kappa shape index (κ1) is 23.1. The Labute approximate surface area is 182 Å². The highest BCUT2D eigenvalue weighted by molar-refractivity contribution is 6.32. The second-order valence-electron chi connectivity index (χ2n) is 6.52. The van der Waals surface area contributed by atoms with Gasteiger partial charge >= 0.3 is 12.2 Å². The smallest absolute Gasteiger partial charge is 0.276 e. The molecule has 1 saturated heterocycles. The summed E-state index contributed by atoms with van der Waals surface area (Å²) in [5, 5.41) is 16.0. The molecule has 3 rings (SSSR count). The molecule has 0 radical (unpaired) electrons. The minimum Gasteiger partial charge on any atom is -0.276 e. The van der Waals surface area contributed by atoms with Crippen LogP contribution in [0.2, 0.25) is 0 Å². The first-order chi connectivity index (χ1) is 15.5. The molecule has 1 aliphatic rings. The van der Waals surface area contributed by atoms with Gasteiger partial charge in [0.2, 0.25) is 5.91 Å². The number of amides is 5. The molecule has 0 aromatic heterocycles. The lowest BCUT2D eigenvalue weighted by molar-refractivity contribution is -0.384. The van der Waals surface area contributed by atoms with Gasteiger partial charge in [0.25, 0.3) is 17.5 Å². The molecule has 5 amide bonds. The van der Waals surface area contributed by atoms with Crippen molar-refractivity contribution in [2.24, 2.45) is 11.0 Å². The maximum atomic E-state index is 13.0. The Morgan fingerprint density at radius 3 is 2.42 bits per heavy atom. The van der Waals surface area contributed by atoms with Crippen LogP contribution in [0.4, 0.5) is 29.3 Å². The summed E-state index contributed by atoms with van der Waals surface area (Å²) in [5.41, 5.74) is 0.204. The molecular weight excluding hydrogens is 451 g/mol. The first-order valence-electron chi connectivity index (χ1n) is 8.93. The molecule has 0 unspecified atom stereocenters. The minimum absolute atomic E-state index is 0.0158. The Kier molecular flexibility index (Phi) is 6.19. The topological polar surface area (TPSA) is 151 Å². The quantitative estimate of drug-likeness (QED) is 0.300. The molecule has 1 aliphatic heterocycles. The van der Waals surface area contributed by atoms with Crippen molar-refractivity contribution in [3.8, 4) is 0 Å². The number of benzene rings is 2. The molecule has 2 N–H and O–H groups in total. The maximum Gasteiger partial charge on any atom is 0.416 e. The van der Waals surface area contributed by atoms with Crippen molar-refractivity contribution in [2.45, 2.75) is 6.18 Å². The number of barbiturate groups is 1. The van der Waals surface area contributed by atoms with E-state index < -0.39 is 52.0 Å². The Hall–Kier alpha value is -4.62. The molecule has 0 aliphatic carbocycles. The van der Waals surface area contributed by atoms with Crippen LogP contribution in [0.5, 0.6) is 0 Å². The van der Waals surface area contributed by atoms with E-state index in [0.29, 0.717) is 17.2 Å². The van der Waals surface area contributed by atoms with Gasteiger partial charge in [0.15, 0.2) is 5.92 Å². The fourth-order valence-corrected chi connectivity index (χ4v) is 2.76. The van der Waals surface area contributed by atoms with Crippen molar-refractivity contribution in [1.29, 1.82) is 0 Å². The van der Waals surface area contributed by atoms with Crippen molar-refractivity contribution in [3.63, 3.8) is 0 Å². The number of nitro benzene ring substituents is 1. The van der Waals surface area contributed by atoms with E-state index in [1.165, 1.54) is 0 Å². The minimum atomic E-state index is -4.73. The Morgan fingerprint density at radius 1 is 1.15 bits per heavy atom. The fourth-order valence-electron chi connectivity index (χ4n) is 2.76. The number of halogens is 3. The average Bonchev–Trinajstić information content (AvgIpc) is 2.75. The van der Waals surface area contributed by atoms with Gasteiger partial charge in [-0.15, -0.1) is 0 Å². The predicted octanol–water partition coefficient (Wildman–Crippen LogP) is 2.23. The van der Waals surface area contributed by atoms with Crippen LogP contribution in [0.1, 0.15) is 15.9 Å². The number of hydrogen-bond donors (Lipinski definition) is 2. The summed E-state index contributed by atoms with van der Waals surface area (Å²) < 4.78 is 38.9. The zero-order valence-electron chi connectivity index (χ0n) is 16.2. The number of rotatable bonds is 5. The number of hydrogen-bond acceptors (Lipinski definition) is 7. The monoisotopic (exact) mass is 463 g/mol. The molecular formula is C19H12F3N5O6. The fraction of sp³-hybridized carbons (Fsp3) is 0.105. The summed E-state index contributed by atoms with van der Waals surface area (Å²) in [5.74, 6) is -4.83. The van der Waals surface area contributed by atoms with Crippen molar-refractivity contribution in [2.75, 3.05) is 4.90 Å². The number of carbonyl (C=O) groups excluding carboxylic acids is 4. The summed E-state index contributed by atoms with van der Waals surface area (Å²) in [6, 6.07) is 6.58. The number of nitro groups is 1. The zero-order chi connectivity index (χ0) is 24.3. The molecule has 14 heteroatoms. The normalized spacial score (nSPS) is 16.6. The predicted molar refractivity (Wildman–Crippen MR) is 105 cm³/mol. The highest BCUT2D eigenvalue weighted by atomic mass is 19.4. The lowest BCUT2D eigenvalue weighted by Gasteiger charge is -2.28. The summed E-state index contributed by atoms with van der Waals surface area (Å²) in [7, 11) is 0. The van der Waals surface area contributed by atoms with Gasteiger partial charge in [-0.2, -0.15) is 18.3 Å². The van der Waals surface area contributed by atoms with Gasteiger partial charge in [0.05, 0.1) is 16.2 Å². The Morgan fingerprint density at radius 2 is 1.82 bits per heavy atom. The van der Waals surface area contributed by atoms with E-state index >= 15 is 0 Å². The summed E-state index contributed by atoms with van der Waals surface area (Å²) in [4.78, 5) is 59.2. The summed E-state index contributed by atoms with van der Waals surface area (Å²) >= 11 is 0. The number of alkyl halides is 3.